The molecule has 1 aromatic carbocycles. The van der Waals surface area contributed by atoms with E-state index >= 15 is 0 Å². The Kier molecular flexibility index (Phi) is 4.27. The average Bonchev–Trinajstić information content (AvgIpc) is 3.26. The van der Waals surface area contributed by atoms with Gasteiger partial charge in [-0.25, -0.2) is 0 Å². The molecule has 3 rings (SSSR count). The van der Waals surface area contributed by atoms with Crippen molar-refractivity contribution in [2.75, 3.05) is 6.61 Å². The first-order valence-corrected chi connectivity index (χ1v) is 7.67. The highest BCUT2D eigenvalue weighted by Gasteiger charge is 2.32. The Morgan fingerprint density at radius 2 is 1.85 bits per heavy atom. The molecule has 0 radical (unpaired) electrons. The van der Waals surface area contributed by atoms with Gasteiger partial charge in [0.2, 0.25) is 0 Å². The fourth-order valence-electron chi connectivity index (χ4n) is 2.91. The van der Waals surface area contributed by atoms with Crippen LogP contribution in [0.2, 0.25) is 5.02 Å². The second-order valence-electron chi connectivity index (χ2n) is 5.78. The molecule has 2 fully saturated rings. The molecule has 1 aliphatic heterocycles. The summed E-state index contributed by atoms with van der Waals surface area (Å²) in [6.07, 6.45) is 5.75. The Morgan fingerprint density at radius 3 is 2.45 bits per heavy atom. The van der Waals surface area contributed by atoms with Gasteiger partial charge in [-0.15, -0.1) is 0 Å². The van der Waals surface area contributed by atoms with Crippen LogP contribution < -0.4 is 4.74 Å². The molecule has 0 aromatic heterocycles. The van der Waals surface area contributed by atoms with E-state index in [9.17, 15) is 4.79 Å². The van der Waals surface area contributed by atoms with Crippen LogP contribution in [0.15, 0.2) is 24.3 Å². The Labute approximate surface area is 124 Å². The maximum Gasteiger partial charge on any atom is 0.314 e. The largest absolute Gasteiger partial charge is 0.426 e. The highest BCUT2D eigenvalue weighted by molar-refractivity contribution is 6.30. The van der Waals surface area contributed by atoms with Gasteiger partial charge in [0.15, 0.2) is 0 Å². The molecule has 0 bridgehead atoms. The molecule has 1 aromatic rings. The zero-order valence-corrected chi connectivity index (χ0v) is 12.1. The van der Waals surface area contributed by atoms with E-state index in [-0.39, 0.29) is 11.9 Å². The van der Waals surface area contributed by atoms with Crippen molar-refractivity contribution in [3.63, 3.8) is 0 Å². The summed E-state index contributed by atoms with van der Waals surface area (Å²) in [7, 11) is 0. The average molecular weight is 295 g/mol. The number of rotatable bonds is 4. The van der Waals surface area contributed by atoms with E-state index in [0.29, 0.717) is 16.9 Å². The summed E-state index contributed by atoms with van der Waals surface area (Å²) in [6.45, 7) is 0.929. The molecule has 1 saturated heterocycles. The van der Waals surface area contributed by atoms with Crippen LogP contribution >= 0.6 is 11.6 Å². The molecule has 0 N–H and O–H groups in total. The molecule has 108 valence electrons. The Balaban J connectivity index is 1.47. The van der Waals surface area contributed by atoms with Gasteiger partial charge in [-0.05, 0) is 62.3 Å². The van der Waals surface area contributed by atoms with Crippen LogP contribution in [0.3, 0.4) is 0 Å². The number of carbonyl (C=O) groups excluding carboxylic acids is 1. The minimum atomic E-state index is -0.103. The third-order valence-corrected chi connectivity index (χ3v) is 4.46. The van der Waals surface area contributed by atoms with Crippen molar-refractivity contribution in [1.82, 2.24) is 0 Å². The zero-order chi connectivity index (χ0) is 13.9. The van der Waals surface area contributed by atoms with E-state index in [0.717, 1.165) is 38.2 Å². The van der Waals surface area contributed by atoms with Crippen molar-refractivity contribution >= 4 is 17.6 Å². The number of benzene rings is 1. The van der Waals surface area contributed by atoms with Crippen molar-refractivity contribution < 1.29 is 14.3 Å². The normalized spacial score (nSPS) is 28.9. The lowest BCUT2D eigenvalue weighted by atomic mass is 9.80. The van der Waals surface area contributed by atoms with Crippen LogP contribution in [0.25, 0.3) is 0 Å². The fourth-order valence-corrected chi connectivity index (χ4v) is 3.04. The van der Waals surface area contributed by atoms with E-state index in [4.69, 9.17) is 21.1 Å². The van der Waals surface area contributed by atoms with E-state index < -0.39 is 0 Å². The molecule has 20 heavy (non-hydrogen) atoms. The van der Waals surface area contributed by atoms with E-state index in [1.54, 1.807) is 24.3 Å². The molecule has 1 aliphatic carbocycles. The molecule has 3 nitrogen and oxygen atoms in total. The second-order valence-corrected chi connectivity index (χ2v) is 6.22. The molecule has 0 spiro atoms. The van der Waals surface area contributed by atoms with E-state index in [1.807, 2.05) is 0 Å². The number of esters is 1. The van der Waals surface area contributed by atoms with Gasteiger partial charge in [-0.2, -0.15) is 0 Å². The van der Waals surface area contributed by atoms with Crippen LogP contribution in [-0.4, -0.2) is 18.7 Å². The summed E-state index contributed by atoms with van der Waals surface area (Å²) in [5.74, 6) is 1.24. The van der Waals surface area contributed by atoms with Crippen molar-refractivity contribution in [3.05, 3.63) is 29.3 Å². The van der Waals surface area contributed by atoms with Crippen LogP contribution in [-0.2, 0) is 9.53 Å². The predicted molar refractivity (Wildman–Crippen MR) is 76.9 cm³/mol. The zero-order valence-electron chi connectivity index (χ0n) is 11.4. The summed E-state index contributed by atoms with van der Waals surface area (Å²) in [4.78, 5) is 12.1. The summed E-state index contributed by atoms with van der Waals surface area (Å²) in [5.41, 5.74) is 0. The van der Waals surface area contributed by atoms with Gasteiger partial charge in [-0.1, -0.05) is 11.6 Å². The quantitative estimate of drug-likeness (QED) is 0.481. The Bertz CT molecular complexity index is 459. The number of epoxide rings is 1. The Morgan fingerprint density at radius 1 is 1.20 bits per heavy atom. The van der Waals surface area contributed by atoms with Crippen molar-refractivity contribution in [2.45, 2.75) is 38.2 Å². The number of hydrogen-bond donors (Lipinski definition) is 0. The molecule has 4 heteroatoms. The molecular weight excluding hydrogens is 276 g/mol. The van der Waals surface area contributed by atoms with E-state index in [2.05, 4.69) is 0 Å². The summed E-state index contributed by atoms with van der Waals surface area (Å²) >= 11 is 5.81. The standard InChI is InChI=1S/C16H19ClO3/c17-13-5-7-14(8-6-13)20-16(18)12-3-1-11(2-4-12)9-15-10-19-15/h5-8,11-12,15H,1-4,9-10H2. The van der Waals surface area contributed by atoms with Crippen molar-refractivity contribution in [1.29, 1.82) is 0 Å². The molecule has 1 saturated carbocycles. The van der Waals surface area contributed by atoms with Gasteiger partial charge in [0.25, 0.3) is 0 Å². The first-order chi connectivity index (χ1) is 9.70. The van der Waals surface area contributed by atoms with Crippen molar-refractivity contribution in [2.24, 2.45) is 11.8 Å². The first kappa shape index (κ1) is 13.9. The third-order valence-electron chi connectivity index (χ3n) is 4.21. The van der Waals surface area contributed by atoms with Gasteiger partial charge in [0.1, 0.15) is 5.75 Å². The summed E-state index contributed by atoms with van der Waals surface area (Å²) in [6, 6.07) is 6.93. The number of hydrogen-bond acceptors (Lipinski definition) is 3. The molecular formula is C16H19ClO3. The predicted octanol–water partition coefficient (Wildman–Crippen LogP) is 3.84. The SMILES string of the molecule is O=C(Oc1ccc(Cl)cc1)C1CCC(CC2CO2)CC1. The first-order valence-electron chi connectivity index (χ1n) is 7.29. The third kappa shape index (κ3) is 3.74. The minimum absolute atomic E-state index is 0.0436. The molecule has 2 aliphatic rings. The minimum Gasteiger partial charge on any atom is -0.426 e. The highest BCUT2D eigenvalue weighted by Crippen LogP contribution is 2.34. The second kappa shape index (κ2) is 6.15. The molecule has 1 heterocycles. The Hall–Kier alpha value is -1.06. The number of carbonyl (C=O) groups is 1. The smallest absolute Gasteiger partial charge is 0.314 e. The summed E-state index contributed by atoms with van der Waals surface area (Å²) in [5, 5.41) is 0.646. The van der Waals surface area contributed by atoms with Crippen molar-refractivity contribution in [3.8, 4) is 5.75 Å². The fraction of sp³-hybridized carbons (Fsp3) is 0.562. The van der Waals surface area contributed by atoms with Crippen LogP contribution in [0.1, 0.15) is 32.1 Å². The van der Waals surface area contributed by atoms with Crippen LogP contribution in [0, 0.1) is 11.8 Å². The van der Waals surface area contributed by atoms with Gasteiger partial charge in [0.05, 0.1) is 18.6 Å². The van der Waals surface area contributed by atoms with Crippen LogP contribution in [0.4, 0.5) is 0 Å². The number of halogens is 1. The molecule has 1 atom stereocenters. The lowest BCUT2D eigenvalue weighted by molar-refractivity contribution is -0.140. The monoisotopic (exact) mass is 294 g/mol. The van der Waals surface area contributed by atoms with Gasteiger partial charge in [0, 0.05) is 5.02 Å². The topological polar surface area (TPSA) is 38.8 Å². The highest BCUT2D eigenvalue weighted by atomic mass is 35.5. The lowest BCUT2D eigenvalue weighted by Gasteiger charge is -2.26. The maximum atomic E-state index is 12.1. The summed E-state index contributed by atoms with van der Waals surface area (Å²) < 4.78 is 10.7. The molecule has 1 unspecified atom stereocenters. The van der Waals surface area contributed by atoms with Crippen LogP contribution in [0.5, 0.6) is 5.75 Å². The maximum absolute atomic E-state index is 12.1. The van der Waals surface area contributed by atoms with Gasteiger partial charge in [-0.3, -0.25) is 4.79 Å². The molecule has 0 amide bonds. The van der Waals surface area contributed by atoms with Gasteiger partial charge < -0.3 is 9.47 Å². The lowest BCUT2D eigenvalue weighted by Crippen LogP contribution is -2.26. The van der Waals surface area contributed by atoms with E-state index in [1.165, 1.54) is 6.42 Å². The van der Waals surface area contributed by atoms with Gasteiger partial charge >= 0.3 is 5.97 Å². The number of ether oxygens (including phenoxy) is 2.